The molecule has 0 N–H and O–H groups in total. The molecule has 0 saturated heterocycles. The first-order valence-corrected chi connectivity index (χ1v) is 2.95. The molecule has 0 amide bonds. The highest BCUT2D eigenvalue weighted by atomic mass is 32.2. The van der Waals surface area contributed by atoms with Crippen molar-refractivity contribution in [2.24, 2.45) is 10.2 Å². The molecular formula is C2HN3O4S. The molecule has 0 atom stereocenters. The Hall–Kier alpha value is -1.49. The molecule has 0 aliphatic rings. The van der Waals surface area contributed by atoms with E-state index < -0.39 is 10.9 Å². The zero-order valence-corrected chi connectivity index (χ0v) is 5.32. The molecule has 0 rings (SSSR count). The molecule has 10 heavy (non-hydrogen) atoms. The topological polar surface area (TPSA) is 96.2 Å². The molecule has 0 aromatic carbocycles. The standard InChI is InChI=1S/C2HN3O4S/c6-1-3-5(4-2-7)10(8)9/h10H. The zero-order valence-electron chi connectivity index (χ0n) is 4.42. The summed E-state index contributed by atoms with van der Waals surface area (Å²) in [6.07, 6.45) is 1.76. The fraction of sp³-hybridized carbons (Fsp3) is 0. The summed E-state index contributed by atoms with van der Waals surface area (Å²) in [6.45, 7) is 0. The third kappa shape index (κ3) is 2.73. The summed E-state index contributed by atoms with van der Waals surface area (Å²) >= 11 is 0. The van der Waals surface area contributed by atoms with Crippen molar-refractivity contribution in [1.29, 1.82) is 0 Å². The van der Waals surface area contributed by atoms with E-state index in [1.54, 1.807) is 0 Å². The molecule has 0 heterocycles. The molecule has 0 radical (unpaired) electrons. The summed E-state index contributed by atoms with van der Waals surface area (Å²) in [5, 5.41) is 5.03. The normalized spacial score (nSPS) is 7.70. The Morgan fingerprint density at radius 1 is 1.10 bits per heavy atom. The molecule has 0 saturated carbocycles. The van der Waals surface area contributed by atoms with Gasteiger partial charge in [-0.05, 0) is 4.52 Å². The Kier molecular flexibility index (Phi) is 3.74. The molecular weight excluding hydrogens is 162 g/mol. The molecule has 0 spiro atoms. The van der Waals surface area contributed by atoms with Crippen molar-refractivity contribution < 1.29 is 18.0 Å². The fourth-order valence-corrected chi connectivity index (χ4v) is 0.388. The van der Waals surface area contributed by atoms with Gasteiger partial charge in [0.25, 0.3) is 23.1 Å². The van der Waals surface area contributed by atoms with E-state index in [-0.39, 0.29) is 4.52 Å². The van der Waals surface area contributed by atoms with E-state index in [4.69, 9.17) is 0 Å². The third-order valence-electron chi connectivity index (χ3n) is 0.407. The highest BCUT2D eigenvalue weighted by molar-refractivity contribution is 7.69. The van der Waals surface area contributed by atoms with E-state index in [0.29, 0.717) is 0 Å². The second-order valence-electron chi connectivity index (χ2n) is 0.889. The number of hydrazone groups is 2. The minimum atomic E-state index is -3.20. The number of carbonyl (C=O) groups excluding carboxylic acids is 2. The van der Waals surface area contributed by atoms with Gasteiger partial charge >= 0.3 is 0 Å². The van der Waals surface area contributed by atoms with Crippen molar-refractivity contribution in [3.05, 3.63) is 0 Å². The van der Waals surface area contributed by atoms with Crippen molar-refractivity contribution in [2.75, 3.05) is 0 Å². The maximum absolute atomic E-state index is 9.90. The molecule has 7 nitrogen and oxygen atoms in total. The predicted molar refractivity (Wildman–Crippen MR) is 28.4 cm³/mol. The molecule has 8 heteroatoms. The lowest BCUT2D eigenvalue weighted by Gasteiger charge is -1.92. The minimum absolute atomic E-state index is 0.116. The lowest BCUT2D eigenvalue weighted by Crippen LogP contribution is -2.05. The van der Waals surface area contributed by atoms with Crippen molar-refractivity contribution >= 4 is 23.1 Å². The second kappa shape index (κ2) is 4.39. The number of thiol groups is 1. The summed E-state index contributed by atoms with van der Waals surface area (Å²) in [6, 6.07) is 0. The first-order chi connectivity index (χ1) is 4.72. The van der Waals surface area contributed by atoms with Gasteiger partial charge in [-0.15, -0.1) is 0 Å². The number of hydrogen-bond acceptors (Lipinski definition) is 6. The number of isocyanates is 2. The molecule has 0 aliphatic heterocycles. The van der Waals surface area contributed by atoms with E-state index in [0.717, 1.165) is 12.2 Å². The number of rotatable bonds is 3. The average molecular weight is 163 g/mol. The van der Waals surface area contributed by atoms with E-state index in [1.807, 2.05) is 0 Å². The van der Waals surface area contributed by atoms with Crippen LogP contribution < -0.4 is 0 Å². The lowest BCUT2D eigenvalue weighted by atomic mass is 11.6. The van der Waals surface area contributed by atoms with Gasteiger partial charge in [0.2, 0.25) is 0 Å². The van der Waals surface area contributed by atoms with E-state index >= 15 is 0 Å². The van der Waals surface area contributed by atoms with E-state index in [9.17, 15) is 18.0 Å². The average Bonchev–Trinajstić information content (AvgIpc) is 1.87. The van der Waals surface area contributed by atoms with Crippen LogP contribution in [-0.2, 0) is 20.5 Å². The number of hydrogen-bond donors (Lipinski definition) is 1. The first kappa shape index (κ1) is 8.51. The lowest BCUT2D eigenvalue weighted by molar-refractivity contribution is 0.451. The van der Waals surface area contributed by atoms with Crippen LogP contribution in [0.25, 0.3) is 0 Å². The molecule has 0 fully saturated rings. The summed E-state index contributed by atoms with van der Waals surface area (Å²) in [5.41, 5.74) is 0. The van der Waals surface area contributed by atoms with Crippen molar-refractivity contribution in [3.63, 3.8) is 0 Å². The van der Waals surface area contributed by atoms with Crippen LogP contribution in [0.2, 0.25) is 0 Å². The van der Waals surface area contributed by atoms with Gasteiger partial charge in [-0.25, -0.2) is 18.0 Å². The third-order valence-corrected chi connectivity index (χ3v) is 0.878. The van der Waals surface area contributed by atoms with Crippen LogP contribution in [0.1, 0.15) is 0 Å². The van der Waals surface area contributed by atoms with Crippen LogP contribution in [0.3, 0.4) is 0 Å². The Morgan fingerprint density at radius 2 is 1.50 bits per heavy atom. The summed E-state index contributed by atoms with van der Waals surface area (Å²) < 4.78 is 19.7. The van der Waals surface area contributed by atoms with Gasteiger partial charge in [0, 0.05) is 0 Å². The SMILES string of the molecule is O=C=NN(N=C=O)[SH](=O)=O. The van der Waals surface area contributed by atoms with Gasteiger partial charge < -0.3 is 0 Å². The quantitative estimate of drug-likeness (QED) is 0.232. The molecule has 0 aromatic heterocycles. The van der Waals surface area contributed by atoms with Crippen molar-refractivity contribution in [1.82, 2.24) is 4.52 Å². The molecule has 0 bridgehead atoms. The van der Waals surface area contributed by atoms with Crippen LogP contribution in [-0.4, -0.2) is 25.1 Å². The van der Waals surface area contributed by atoms with Gasteiger partial charge in [0.15, 0.2) is 0 Å². The minimum Gasteiger partial charge on any atom is -0.209 e. The highest BCUT2D eigenvalue weighted by Crippen LogP contribution is 1.85. The van der Waals surface area contributed by atoms with Gasteiger partial charge in [0.05, 0.1) is 0 Å². The van der Waals surface area contributed by atoms with Crippen molar-refractivity contribution in [3.8, 4) is 0 Å². The van der Waals surface area contributed by atoms with Gasteiger partial charge in [-0.3, -0.25) is 0 Å². The van der Waals surface area contributed by atoms with Gasteiger partial charge in [0.1, 0.15) is 0 Å². The van der Waals surface area contributed by atoms with E-state index in [1.165, 1.54) is 0 Å². The molecule has 0 unspecified atom stereocenters. The van der Waals surface area contributed by atoms with Crippen molar-refractivity contribution in [2.45, 2.75) is 0 Å². The maximum atomic E-state index is 9.90. The summed E-state index contributed by atoms with van der Waals surface area (Å²) in [7, 11) is -3.20. The highest BCUT2D eigenvalue weighted by Gasteiger charge is 1.96. The number of nitrogens with zero attached hydrogens (tertiary/aromatic N) is 3. The smallest absolute Gasteiger partial charge is 0.209 e. The molecule has 54 valence electrons. The Bertz CT molecular complexity index is 244. The van der Waals surface area contributed by atoms with Crippen LogP contribution in [0.15, 0.2) is 10.2 Å². The van der Waals surface area contributed by atoms with Gasteiger partial charge in [-0.1, -0.05) is 10.2 Å². The van der Waals surface area contributed by atoms with Crippen LogP contribution >= 0.6 is 0 Å². The monoisotopic (exact) mass is 163 g/mol. The van der Waals surface area contributed by atoms with Crippen LogP contribution in [0.4, 0.5) is 0 Å². The molecule has 0 aromatic rings. The second-order valence-corrected chi connectivity index (χ2v) is 1.72. The zero-order chi connectivity index (χ0) is 7.98. The molecule has 0 aliphatic carbocycles. The summed E-state index contributed by atoms with van der Waals surface area (Å²) in [5.74, 6) is 0. The first-order valence-electron chi connectivity index (χ1n) is 1.82. The van der Waals surface area contributed by atoms with Gasteiger partial charge in [-0.2, -0.15) is 0 Å². The van der Waals surface area contributed by atoms with Crippen LogP contribution in [0, 0.1) is 0 Å². The Balaban J connectivity index is 4.57. The summed E-state index contributed by atoms with van der Waals surface area (Å²) in [4.78, 5) is 18.8. The van der Waals surface area contributed by atoms with Crippen LogP contribution in [0.5, 0.6) is 0 Å². The largest absolute Gasteiger partial charge is 0.261 e. The maximum Gasteiger partial charge on any atom is 0.261 e. The fourth-order valence-electron chi connectivity index (χ4n) is 0.168. The Morgan fingerprint density at radius 3 is 1.70 bits per heavy atom. The predicted octanol–water partition coefficient (Wildman–Crippen LogP) is -1.68. The van der Waals surface area contributed by atoms with E-state index in [2.05, 4.69) is 10.2 Å². The Labute approximate surface area is 56.7 Å².